The number of aryl methyl sites for hydroxylation is 1. The molecule has 30 heavy (non-hydrogen) atoms. The fraction of sp³-hybridized carbons (Fsp3) is 0.261. The van der Waals surface area contributed by atoms with Gasteiger partial charge in [-0.1, -0.05) is 18.2 Å². The summed E-state index contributed by atoms with van der Waals surface area (Å²) in [5, 5.41) is 22.6. The van der Waals surface area contributed by atoms with Crippen LogP contribution in [0.15, 0.2) is 54.7 Å². The summed E-state index contributed by atoms with van der Waals surface area (Å²) in [7, 11) is 1.63. The smallest absolute Gasteiger partial charge is 0.306 e. The van der Waals surface area contributed by atoms with Gasteiger partial charge >= 0.3 is 5.97 Å². The second-order valence-corrected chi connectivity index (χ2v) is 7.42. The lowest BCUT2D eigenvalue weighted by Crippen LogP contribution is -2.22. The first-order valence-corrected chi connectivity index (χ1v) is 9.82. The van der Waals surface area contributed by atoms with Gasteiger partial charge in [0.25, 0.3) is 0 Å². The number of hydrogen-bond acceptors (Lipinski definition) is 5. The highest BCUT2D eigenvalue weighted by Gasteiger charge is 2.24. The van der Waals surface area contributed by atoms with Gasteiger partial charge in [0.2, 0.25) is 0 Å². The van der Waals surface area contributed by atoms with E-state index in [0.717, 1.165) is 28.0 Å². The van der Waals surface area contributed by atoms with Crippen LogP contribution in [-0.4, -0.2) is 28.1 Å². The number of carbonyl (C=O) groups is 1. The predicted molar refractivity (Wildman–Crippen MR) is 112 cm³/mol. The number of benzene rings is 2. The van der Waals surface area contributed by atoms with Crippen molar-refractivity contribution in [2.45, 2.75) is 25.8 Å². The molecule has 0 fully saturated rings. The van der Waals surface area contributed by atoms with E-state index in [4.69, 9.17) is 9.47 Å². The summed E-state index contributed by atoms with van der Waals surface area (Å²) >= 11 is 0. The molecule has 0 radical (unpaired) electrons. The predicted octanol–water partition coefficient (Wildman–Crippen LogP) is 4.33. The lowest BCUT2D eigenvalue weighted by atomic mass is 9.84. The average Bonchev–Trinajstić information content (AvgIpc) is 3.10. The number of anilines is 1. The molecule has 1 atom stereocenters. The third-order valence-electron chi connectivity index (χ3n) is 5.40. The van der Waals surface area contributed by atoms with E-state index in [9.17, 15) is 15.1 Å². The minimum absolute atomic E-state index is 0.347. The van der Waals surface area contributed by atoms with Gasteiger partial charge in [0.1, 0.15) is 17.3 Å². The van der Waals surface area contributed by atoms with Gasteiger partial charge in [0.15, 0.2) is 5.75 Å². The molecular formula is C23H24N2O5. The highest BCUT2D eigenvalue weighted by molar-refractivity contribution is 5.71. The van der Waals surface area contributed by atoms with Crippen LogP contribution in [0.3, 0.4) is 0 Å². The zero-order chi connectivity index (χ0) is 21.1. The maximum Gasteiger partial charge on any atom is 0.306 e. The standard InChI is InChI=1S/C23H24N2O5/c1-29-19-7-2-15(3-8-19)13-24-22-12-21(14-25(22)28)30-20-9-6-16-4-5-17(23(26)27)10-18(16)11-20/h2-3,6-9,11-12,14,17,24,28H,4-5,10,13H2,1H3,(H,26,27). The van der Waals surface area contributed by atoms with E-state index in [1.807, 2.05) is 42.5 Å². The Balaban J connectivity index is 1.42. The molecule has 3 aromatic rings. The van der Waals surface area contributed by atoms with E-state index < -0.39 is 5.97 Å². The van der Waals surface area contributed by atoms with Crippen LogP contribution in [0, 0.1) is 5.92 Å². The van der Waals surface area contributed by atoms with Crippen molar-refractivity contribution in [3.63, 3.8) is 0 Å². The van der Waals surface area contributed by atoms with Crippen molar-refractivity contribution in [3.05, 3.63) is 71.4 Å². The summed E-state index contributed by atoms with van der Waals surface area (Å²) < 4.78 is 12.0. The molecule has 156 valence electrons. The maximum atomic E-state index is 11.3. The van der Waals surface area contributed by atoms with Crippen LogP contribution in [0.5, 0.6) is 17.2 Å². The number of nitrogens with one attached hydrogen (secondary N) is 1. The SMILES string of the molecule is COc1ccc(CNc2cc(Oc3ccc4c(c3)CC(C(=O)O)CC4)cn2O)cc1. The quantitative estimate of drug-likeness (QED) is 0.504. The van der Waals surface area contributed by atoms with Gasteiger partial charge in [-0.15, -0.1) is 0 Å². The van der Waals surface area contributed by atoms with Gasteiger partial charge in [0, 0.05) is 12.6 Å². The van der Waals surface area contributed by atoms with E-state index >= 15 is 0 Å². The zero-order valence-corrected chi connectivity index (χ0v) is 16.7. The van der Waals surface area contributed by atoms with Crippen molar-refractivity contribution in [1.29, 1.82) is 0 Å². The third-order valence-corrected chi connectivity index (χ3v) is 5.40. The van der Waals surface area contributed by atoms with Crippen LogP contribution < -0.4 is 14.8 Å². The van der Waals surface area contributed by atoms with E-state index in [-0.39, 0.29) is 5.92 Å². The van der Waals surface area contributed by atoms with Gasteiger partial charge in [-0.3, -0.25) is 4.79 Å². The Kier molecular flexibility index (Phi) is 5.52. The van der Waals surface area contributed by atoms with Gasteiger partial charge in [0.05, 0.1) is 19.2 Å². The largest absolute Gasteiger partial charge is 0.497 e. The number of fused-ring (bicyclic) bond motifs is 1. The highest BCUT2D eigenvalue weighted by atomic mass is 16.5. The molecule has 0 bridgehead atoms. The number of aliphatic carboxylic acids is 1. The molecule has 7 nitrogen and oxygen atoms in total. The van der Waals surface area contributed by atoms with Crippen molar-refractivity contribution in [2.75, 3.05) is 12.4 Å². The summed E-state index contributed by atoms with van der Waals surface area (Å²) in [6.07, 6.45) is 3.42. The highest BCUT2D eigenvalue weighted by Crippen LogP contribution is 2.32. The van der Waals surface area contributed by atoms with Gasteiger partial charge in [-0.2, -0.15) is 4.73 Å². The summed E-state index contributed by atoms with van der Waals surface area (Å²) in [6, 6.07) is 15.1. The summed E-state index contributed by atoms with van der Waals surface area (Å²) in [5.74, 6) is 1.30. The van der Waals surface area contributed by atoms with E-state index in [1.165, 1.54) is 11.8 Å². The molecule has 0 aliphatic heterocycles. The number of aromatic nitrogens is 1. The summed E-state index contributed by atoms with van der Waals surface area (Å²) in [6.45, 7) is 0.531. The van der Waals surface area contributed by atoms with Crippen LogP contribution in [0.25, 0.3) is 0 Å². The average molecular weight is 408 g/mol. The fourth-order valence-corrected chi connectivity index (χ4v) is 3.70. The molecule has 0 spiro atoms. The van der Waals surface area contributed by atoms with Crippen LogP contribution >= 0.6 is 0 Å². The Bertz CT molecular complexity index is 1040. The third kappa shape index (κ3) is 4.35. The topological polar surface area (TPSA) is 93.0 Å². The molecule has 0 saturated carbocycles. The Labute approximate surface area is 174 Å². The maximum absolute atomic E-state index is 11.3. The second-order valence-electron chi connectivity index (χ2n) is 7.42. The molecule has 2 aromatic carbocycles. The fourth-order valence-electron chi connectivity index (χ4n) is 3.70. The van der Waals surface area contributed by atoms with Crippen LogP contribution in [0.4, 0.5) is 5.82 Å². The Morgan fingerprint density at radius 3 is 2.60 bits per heavy atom. The molecule has 4 rings (SSSR count). The minimum atomic E-state index is -0.753. The molecule has 1 unspecified atom stereocenters. The minimum Gasteiger partial charge on any atom is -0.497 e. The number of carboxylic acids is 1. The monoisotopic (exact) mass is 408 g/mol. The Morgan fingerprint density at radius 1 is 1.10 bits per heavy atom. The first-order valence-electron chi connectivity index (χ1n) is 9.82. The molecule has 7 heteroatoms. The van der Waals surface area contributed by atoms with Gasteiger partial charge in [-0.05, 0) is 60.2 Å². The number of nitrogens with zero attached hydrogens (tertiary/aromatic N) is 1. The van der Waals surface area contributed by atoms with Crippen molar-refractivity contribution in [1.82, 2.24) is 4.73 Å². The Morgan fingerprint density at radius 2 is 1.87 bits per heavy atom. The van der Waals surface area contributed by atoms with Crippen molar-refractivity contribution < 1.29 is 24.6 Å². The van der Waals surface area contributed by atoms with Crippen molar-refractivity contribution in [2.24, 2.45) is 5.92 Å². The molecular weight excluding hydrogens is 384 g/mol. The molecule has 1 aliphatic rings. The Hall–Kier alpha value is -3.61. The number of ether oxygens (including phenoxy) is 2. The summed E-state index contributed by atoms with van der Waals surface area (Å²) in [5.41, 5.74) is 3.22. The molecule has 3 N–H and O–H groups in total. The zero-order valence-electron chi connectivity index (χ0n) is 16.7. The molecule has 1 aromatic heterocycles. The van der Waals surface area contributed by atoms with Crippen LogP contribution in [0.1, 0.15) is 23.1 Å². The van der Waals surface area contributed by atoms with Gasteiger partial charge in [-0.25, -0.2) is 0 Å². The van der Waals surface area contributed by atoms with E-state index in [1.54, 1.807) is 13.2 Å². The number of carboxylic acid groups (broad SMARTS) is 1. The van der Waals surface area contributed by atoms with E-state index in [2.05, 4.69) is 5.32 Å². The van der Waals surface area contributed by atoms with E-state index in [0.29, 0.717) is 36.7 Å². The first-order chi connectivity index (χ1) is 14.5. The summed E-state index contributed by atoms with van der Waals surface area (Å²) in [4.78, 5) is 11.3. The second kappa shape index (κ2) is 8.41. The van der Waals surface area contributed by atoms with Crippen LogP contribution in [0.2, 0.25) is 0 Å². The lowest BCUT2D eigenvalue weighted by Gasteiger charge is -2.22. The molecule has 0 amide bonds. The molecule has 0 saturated heterocycles. The molecule has 1 heterocycles. The lowest BCUT2D eigenvalue weighted by molar-refractivity contribution is -0.142. The first kappa shape index (κ1) is 19.7. The number of hydrogen-bond donors (Lipinski definition) is 3. The van der Waals surface area contributed by atoms with Gasteiger partial charge < -0.3 is 25.1 Å². The number of rotatable bonds is 7. The molecule has 1 aliphatic carbocycles. The van der Waals surface area contributed by atoms with Crippen LogP contribution in [-0.2, 0) is 24.2 Å². The van der Waals surface area contributed by atoms with Crippen molar-refractivity contribution in [3.8, 4) is 17.2 Å². The van der Waals surface area contributed by atoms with Crippen molar-refractivity contribution >= 4 is 11.8 Å². The number of methoxy groups -OCH3 is 1. The normalized spacial score (nSPS) is 15.3.